The number of nitrogens with zero attached hydrogens (tertiary/aromatic N) is 4. The van der Waals surface area contributed by atoms with Crippen molar-refractivity contribution < 1.29 is 4.79 Å². The predicted molar refractivity (Wildman–Crippen MR) is 105 cm³/mol. The smallest absolute Gasteiger partial charge is 0.219 e. The van der Waals surface area contributed by atoms with Crippen LogP contribution in [0.1, 0.15) is 17.4 Å². The van der Waals surface area contributed by atoms with E-state index in [0.29, 0.717) is 0 Å². The summed E-state index contributed by atoms with van der Waals surface area (Å²) in [6, 6.07) is 4.10. The summed E-state index contributed by atoms with van der Waals surface area (Å²) in [4.78, 5) is 29.0. The van der Waals surface area contributed by atoms with Gasteiger partial charge >= 0.3 is 0 Å². The van der Waals surface area contributed by atoms with Crippen molar-refractivity contribution in [3.63, 3.8) is 0 Å². The average molecular weight is 373 g/mol. The van der Waals surface area contributed by atoms with E-state index in [9.17, 15) is 4.79 Å². The maximum Gasteiger partial charge on any atom is 0.219 e. The molecular weight excluding hydrogens is 352 g/mol. The summed E-state index contributed by atoms with van der Waals surface area (Å²) in [5.41, 5.74) is 1.27. The van der Waals surface area contributed by atoms with Crippen LogP contribution in [0.4, 0.5) is 5.82 Å². The molecule has 1 aliphatic rings. The molecule has 1 fully saturated rings. The standard InChI is InChI=1S/C18H20N4OS2/c1-11-12(2)25-18-15(11)17(19-16(20-18)14-5-4-10-24-14)22-8-6-21(7-9-22)13(3)23/h4-5,10H,6-9H2,1-3H3. The molecule has 0 bridgehead atoms. The summed E-state index contributed by atoms with van der Waals surface area (Å²) in [5.74, 6) is 1.96. The van der Waals surface area contributed by atoms with Gasteiger partial charge in [-0.05, 0) is 30.9 Å². The minimum atomic E-state index is 0.148. The zero-order chi connectivity index (χ0) is 17.6. The first-order valence-corrected chi connectivity index (χ1v) is 10.1. The molecule has 1 amide bonds. The first kappa shape index (κ1) is 16.5. The Kier molecular flexibility index (Phi) is 4.21. The molecule has 3 aromatic heterocycles. The molecule has 0 aromatic carbocycles. The number of carbonyl (C=O) groups excluding carboxylic acids is 1. The Balaban J connectivity index is 1.80. The molecule has 0 radical (unpaired) electrons. The van der Waals surface area contributed by atoms with Gasteiger partial charge in [0, 0.05) is 38.0 Å². The van der Waals surface area contributed by atoms with E-state index < -0.39 is 0 Å². The number of fused-ring (bicyclic) bond motifs is 1. The van der Waals surface area contributed by atoms with Crippen molar-refractivity contribution in [2.24, 2.45) is 0 Å². The van der Waals surface area contributed by atoms with Crippen LogP contribution in [-0.2, 0) is 4.79 Å². The SMILES string of the molecule is CC(=O)N1CCN(c2nc(-c3cccs3)nc3sc(C)c(C)c23)CC1. The van der Waals surface area contributed by atoms with Crippen molar-refractivity contribution in [2.75, 3.05) is 31.1 Å². The van der Waals surface area contributed by atoms with Crippen LogP contribution < -0.4 is 4.90 Å². The van der Waals surface area contributed by atoms with Gasteiger partial charge < -0.3 is 9.80 Å². The van der Waals surface area contributed by atoms with E-state index in [2.05, 4.69) is 30.2 Å². The summed E-state index contributed by atoms with van der Waals surface area (Å²) in [6.45, 7) is 9.05. The summed E-state index contributed by atoms with van der Waals surface area (Å²) in [5, 5.41) is 3.22. The summed E-state index contributed by atoms with van der Waals surface area (Å²) in [6.07, 6.45) is 0. The molecule has 4 heterocycles. The Morgan fingerprint density at radius 2 is 1.92 bits per heavy atom. The molecule has 25 heavy (non-hydrogen) atoms. The summed E-state index contributed by atoms with van der Waals surface area (Å²) in [7, 11) is 0. The molecule has 1 saturated heterocycles. The highest BCUT2D eigenvalue weighted by atomic mass is 32.1. The quantitative estimate of drug-likeness (QED) is 0.688. The number of thiophene rings is 2. The summed E-state index contributed by atoms with van der Waals surface area (Å²) < 4.78 is 0. The molecule has 0 saturated carbocycles. The van der Waals surface area contributed by atoms with Gasteiger partial charge in [0.05, 0.1) is 10.3 Å². The summed E-state index contributed by atoms with van der Waals surface area (Å²) >= 11 is 3.40. The lowest BCUT2D eigenvalue weighted by Gasteiger charge is -2.35. The molecule has 0 aliphatic carbocycles. The lowest BCUT2D eigenvalue weighted by atomic mass is 10.2. The van der Waals surface area contributed by atoms with Gasteiger partial charge in [-0.25, -0.2) is 9.97 Å². The number of rotatable bonds is 2. The van der Waals surface area contributed by atoms with Gasteiger partial charge in [0.1, 0.15) is 10.6 Å². The van der Waals surface area contributed by atoms with Crippen LogP contribution in [0.5, 0.6) is 0 Å². The number of carbonyl (C=O) groups is 1. The van der Waals surface area contributed by atoms with Crippen LogP contribution in [0.2, 0.25) is 0 Å². The fourth-order valence-corrected chi connectivity index (χ4v) is 4.89. The van der Waals surface area contributed by atoms with Crippen molar-refractivity contribution in [1.29, 1.82) is 0 Å². The third kappa shape index (κ3) is 2.91. The van der Waals surface area contributed by atoms with Crippen LogP contribution in [0.15, 0.2) is 17.5 Å². The Morgan fingerprint density at radius 3 is 2.56 bits per heavy atom. The highest BCUT2D eigenvalue weighted by molar-refractivity contribution is 7.19. The Morgan fingerprint density at radius 1 is 1.16 bits per heavy atom. The molecule has 0 unspecified atom stereocenters. The fraction of sp³-hybridized carbons (Fsp3) is 0.389. The largest absolute Gasteiger partial charge is 0.352 e. The molecule has 7 heteroatoms. The van der Waals surface area contributed by atoms with Crippen molar-refractivity contribution in [3.8, 4) is 10.7 Å². The van der Waals surface area contributed by atoms with E-state index >= 15 is 0 Å². The van der Waals surface area contributed by atoms with Gasteiger partial charge in [0.2, 0.25) is 5.91 Å². The fourth-order valence-electron chi connectivity index (χ4n) is 3.21. The highest BCUT2D eigenvalue weighted by Crippen LogP contribution is 2.37. The van der Waals surface area contributed by atoms with E-state index in [4.69, 9.17) is 9.97 Å². The number of anilines is 1. The maximum absolute atomic E-state index is 11.6. The molecule has 4 rings (SSSR count). The van der Waals surface area contributed by atoms with E-state index in [1.807, 2.05) is 11.0 Å². The first-order valence-electron chi connectivity index (χ1n) is 8.36. The van der Waals surface area contributed by atoms with Crippen molar-refractivity contribution in [1.82, 2.24) is 14.9 Å². The number of amides is 1. The number of piperazine rings is 1. The molecule has 130 valence electrons. The molecule has 3 aromatic rings. The highest BCUT2D eigenvalue weighted by Gasteiger charge is 2.24. The van der Waals surface area contributed by atoms with E-state index in [-0.39, 0.29) is 5.91 Å². The van der Waals surface area contributed by atoms with Crippen LogP contribution in [0.3, 0.4) is 0 Å². The maximum atomic E-state index is 11.6. The molecule has 5 nitrogen and oxygen atoms in total. The number of hydrogen-bond acceptors (Lipinski definition) is 6. The Hall–Kier alpha value is -1.99. The second-order valence-corrected chi connectivity index (χ2v) is 8.46. The van der Waals surface area contributed by atoms with Gasteiger partial charge in [-0.15, -0.1) is 22.7 Å². The molecule has 0 spiro atoms. The van der Waals surface area contributed by atoms with Crippen LogP contribution in [-0.4, -0.2) is 47.0 Å². The lowest BCUT2D eigenvalue weighted by molar-refractivity contribution is -0.129. The monoisotopic (exact) mass is 372 g/mol. The normalized spacial score (nSPS) is 15.2. The predicted octanol–water partition coefficient (Wildman–Crippen LogP) is 3.71. The topological polar surface area (TPSA) is 49.3 Å². The van der Waals surface area contributed by atoms with Gasteiger partial charge in [0.25, 0.3) is 0 Å². The zero-order valence-corrected chi connectivity index (χ0v) is 16.2. The minimum absolute atomic E-state index is 0.148. The Labute approximate surface area is 154 Å². The average Bonchev–Trinajstić information content (AvgIpc) is 3.23. The minimum Gasteiger partial charge on any atom is -0.352 e. The third-order valence-corrected chi connectivity index (χ3v) is 6.74. The molecule has 0 N–H and O–H groups in total. The van der Waals surface area contributed by atoms with Gasteiger partial charge in [-0.2, -0.15) is 0 Å². The number of aromatic nitrogens is 2. The second-order valence-electron chi connectivity index (χ2n) is 6.30. The zero-order valence-electron chi connectivity index (χ0n) is 14.6. The van der Waals surface area contributed by atoms with Gasteiger partial charge in [0.15, 0.2) is 5.82 Å². The van der Waals surface area contributed by atoms with E-state index in [1.54, 1.807) is 29.6 Å². The van der Waals surface area contributed by atoms with Crippen LogP contribution in [0.25, 0.3) is 20.9 Å². The molecule has 0 atom stereocenters. The molecular formula is C18H20N4OS2. The number of aryl methyl sites for hydroxylation is 2. The van der Waals surface area contributed by atoms with Crippen molar-refractivity contribution in [3.05, 3.63) is 28.0 Å². The van der Waals surface area contributed by atoms with Crippen molar-refractivity contribution in [2.45, 2.75) is 20.8 Å². The third-order valence-electron chi connectivity index (χ3n) is 4.78. The number of hydrogen-bond donors (Lipinski definition) is 0. The first-order chi connectivity index (χ1) is 12.0. The second kappa shape index (κ2) is 6.38. The van der Waals surface area contributed by atoms with Crippen LogP contribution >= 0.6 is 22.7 Å². The van der Waals surface area contributed by atoms with Crippen molar-refractivity contribution >= 4 is 44.6 Å². The lowest BCUT2D eigenvalue weighted by Crippen LogP contribution is -2.48. The molecule has 1 aliphatic heterocycles. The Bertz CT molecular complexity index is 924. The van der Waals surface area contributed by atoms with E-state index in [0.717, 1.165) is 47.5 Å². The van der Waals surface area contributed by atoms with Gasteiger partial charge in [-0.3, -0.25) is 4.79 Å². The van der Waals surface area contributed by atoms with Gasteiger partial charge in [-0.1, -0.05) is 6.07 Å². The van der Waals surface area contributed by atoms with Crippen LogP contribution in [0, 0.1) is 13.8 Å². The van der Waals surface area contributed by atoms with E-state index in [1.165, 1.54) is 15.8 Å².